The fraction of sp³-hybridized carbons (Fsp3) is 0.312. The fourth-order valence-electron chi connectivity index (χ4n) is 2.07. The lowest BCUT2D eigenvalue weighted by atomic mass is 10.0. The van der Waals surface area contributed by atoms with Crippen molar-refractivity contribution in [3.63, 3.8) is 0 Å². The lowest BCUT2D eigenvalue weighted by Gasteiger charge is -2.15. The summed E-state index contributed by atoms with van der Waals surface area (Å²) in [6, 6.07) is 12.0. The van der Waals surface area contributed by atoms with Gasteiger partial charge in [-0.05, 0) is 37.1 Å². The van der Waals surface area contributed by atoms with Crippen LogP contribution in [0.3, 0.4) is 0 Å². The Morgan fingerprint density at radius 2 is 2.05 bits per heavy atom. The Labute approximate surface area is 114 Å². The molecule has 3 nitrogen and oxygen atoms in total. The lowest BCUT2D eigenvalue weighted by Crippen LogP contribution is -2.22. The minimum Gasteiger partial charge on any atom is -0.387 e. The van der Waals surface area contributed by atoms with Crippen LogP contribution in [0.2, 0.25) is 0 Å². The van der Waals surface area contributed by atoms with Crippen LogP contribution >= 0.6 is 0 Å². The molecule has 1 heterocycles. The van der Waals surface area contributed by atoms with Crippen molar-refractivity contribution in [2.75, 3.05) is 6.54 Å². The molecule has 0 fully saturated rings. The molecule has 1 aromatic carbocycles. The third kappa shape index (κ3) is 3.88. The van der Waals surface area contributed by atoms with E-state index in [0.717, 1.165) is 16.8 Å². The van der Waals surface area contributed by atoms with E-state index in [2.05, 4.69) is 16.4 Å². The molecule has 0 bridgehead atoms. The predicted molar refractivity (Wildman–Crippen MR) is 76.8 cm³/mol. The third-order valence-electron chi connectivity index (χ3n) is 3.16. The zero-order valence-corrected chi connectivity index (χ0v) is 11.4. The highest BCUT2D eigenvalue weighted by molar-refractivity contribution is 5.32. The van der Waals surface area contributed by atoms with E-state index in [-0.39, 0.29) is 0 Å². The van der Waals surface area contributed by atoms with Crippen molar-refractivity contribution in [2.24, 2.45) is 0 Å². The number of pyridine rings is 1. The topological polar surface area (TPSA) is 45.1 Å². The Hall–Kier alpha value is -1.71. The Morgan fingerprint density at radius 3 is 2.79 bits per heavy atom. The smallest absolute Gasteiger partial charge is 0.0917 e. The van der Waals surface area contributed by atoms with Crippen molar-refractivity contribution >= 4 is 0 Å². The third-order valence-corrected chi connectivity index (χ3v) is 3.16. The van der Waals surface area contributed by atoms with Gasteiger partial charge in [-0.1, -0.05) is 29.8 Å². The Kier molecular flexibility index (Phi) is 4.66. The van der Waals surface area contributed by atoms with Gasteiger partial charge in [0, 0.05) is 19.3 Å². The average molecular weight is 256 g/mol. The molecule has 2 aromatic rings. The largest absolute Gasteiger partial charge is 0.387 e. The van der Waals surface area contributed by atoms with Gasteiger partial charge in [0.2, 0.25) is 0 Å². The molecule has 0 amide bonds. The number of rotatable bonds is 5. The van der Waals surface area contributed by atoms with E-state index in [1.165, 1.54) is 5.56 Å². The van der Waals surface area contributed by atoms with Gasteiger partial charge in [-0.25, -0.2) is 0 Å². The lowest BCUT2D eigenvalue weighted by molar-refractivity contribution is 0.173. The van der Waals surface area contributed by atoms with Crippen LogP contribution in [0.25, 0.3) is 0 Å². The molecule has 0 aliphatic rings. The maximum Gasteiger partial charge on any atom is 0.0917 e. The molecule has 0 saturated heterocycles. The summed E-state index contributed by atoms with van der Waals surface area (Å²) < 4.78 is 0. The molecule has 1 aromatic heterocycles. The van der Waals surface area contributed by atoms with Gasteiger partial charge in [0.25, 0.3) is 0 Å². The summed E-state index contributed by atoms with van der Waals surface area (Å²) in [5.74, 6) is 0. The summed E-state index contributed by atoms with van der Waals surface area (Å²) >= 11 is 0. The molecular weight excluding hydrogens is 236 g/mol. The number of aryl methyl sites for hydroxylation is 2. The van der Waals surface area contributed by atoms with Crippen molar-refractivity contribution in [3.05, 3.63) is 65.0 Å². The van der Waals surface area contributed by atoms with E-state index in [1.54, 1.807) is 6.20 Å². The van der Waals surface area contributed by atoms with Crippen LogP contribution in [-0.4, -0.2) is 16.6 Å². The molecule has 0 aliphatic carbocycles. The minimum absolute atomic E-state index is 0.483. The second-order valence-corrected chi connectivity index (χ2v) is 4.83. The first-order valence-electron chi connectivity index (χ1n) is 6.52. The highest BCUT2D eigenvalue weighted by Crippen LogP contribution is 2.18. The van der Waals surface area contributed by atoms with Crippen LogP contribution in [0.4, 0.5) is 0 Å². The van der Waals surface area contributed by atoms with Crippen molar-refractivity contribution in [2.45, 2.75) is 26.5 Å². The summed E-state index contributed by atoms with van der Waals surface area (Å²) in [5.41, 5.74) is 4.27. The number of nitrogens with zero attached hydrogens (tertiary/aromatic N) is 1. The molecule has 1 unspecified atom stereocenters. The number of aliphatic hydroxyl groups is 1. The van der Waals surface area contributed by atoms with Crippen molar-refractivity contribution in [3.8, 4) is 0 Å². The van der Waals surface area contributed by atoms with E-state index in [0.29, 0.717) is 13.1 Å². The molecule has 0 saturated carbocycles. The van der Waals surface area contributed by atoms with Crippen LogP contribution in [0, 0.1) is 13.8 Å². The zero-order chi connectivity index (χ0) is 13.7. The van der Waals surface area contributed by atoms with E-state index in [4.69, 9.17) is 0 Å². The molecule has 19 heavy (non-hydrogen) atoms. The van der Waals surface area contributed by atoms with E-state index < -0.39 is 6.10 Å². The first-order chi connectivity index (χ1) is 9.16. The van der Waals surface area contributed by atoms with Gasteiger partial charge < -0.3 is 10.4 Å². The maximum atomic E-state index is 10.2. The second kappa shape index (κ2) is 6.45. The number of aliphatic hydroxyl groups excluding tert-OH is 1. The molecule has 2 N–H and O–H groups in total. The fourth-order valence-corrected chi connectivity index (χ4v) is 2.07. The van der Waals surface area contributed by atoms with Gasteiger partial charge in [0.05, 0.1) is 11.8 Å². The monoisotopic (exact) mass is 256 g/mol. The molecule has 1 atom stereocenters. The molecule has 0 aliphatic heterocycles. The average Bonchev–Trinajstić information content (AvgIpc) is 2.42. The van der Waals surface area contributed by atoms with E-state index in [9.17, 15) is 5.11 Å². The highest BCUT2D eigenvalue weighted by Gasteiger charge is 2.10. The normalized spacial score (nSPS) is 12.4. The summed E-state index contributed by atoms with van der Waals surface area (Å²) in [7, 11) is 0. The summed E-state index contributed by atoms with van der Waals surface area (Å²) in [4.78, 5) is 4.24. The highest BCUT2D eigenvalue weighted by atomic mass is 16.3. The minimum atomic E-state index is -0.483. The van der Waals surface area contributed by atoms with Gasteiger partial charge in [-0.2, -0.15) is 0 Å². The number of hydrogen-bond donors (Lipinski definition) is 2. The standard InChI is InChI=1S/C16H20N2O/c1-12-6-7-13(2)15(9-12)16(19)11-17-10-14-5-3-4-8-18-14/h3-9,16-17,19H,10-11H2,1-2H3. The second-order valence-electron chi connectivity index (χ2n) is 4.83. The van der Waals surface area contributed by atoms with Crippen LogP contribution in [0.1, 0.15) is 28.5 Å². The Morgan fingerprint density at radius 1 is 1.21 bits per heavy atom. The SMILES string of the molecule is Cc1ccc(C)c(C(O)CNCc2ccccn2)c1. The summed E-state index contributed by atoms with van der Waals surface area (Å²) in [5, 5.41) is 13.5. The Balaban J connectivity index is 1.91. The van der Waals surface area contributed by atoms with Gasteiger partial charge in [0.15, 0.2) is 0 Å². The molecule has 0 radical (unpaired) electrons. The van der Waals surface area contributed by atoms with Crippen LogP contribution in [0.15, 0.2) is 42.6 Å². The predicted octanol–water partition coefficient (Wildman–Crippen LogP) is 2.52. The van der Waals surface area contributed by atoms with Crippen LogP contribution in [-0.2, 0) is 6.54 Å². The van der Waals surface area contributed by atoms with Gasteiger partial charge in [0.1, 0.15) is 0 Å². The number of benzene rings is 1. The quantitative estimate of drug-likeness (QED) is 0.864. The van der Waals surface area contributed by atoms with Crippen LogP contribution in [0.5, 0.6) is 0 Å². The molecule has 2 rings (SSSR count). The molecule has 0 spiro atoms. The number of hydrogen-bond acceptors (Lipinski definition) is 3. The van der Waals surface area contributed by atoms with Crippen molar-refractivity contribution in [1.29, 1.82) is 0 Å². The summed E-state index contributed by atoms with van der Waals surface area (Å²) in [6.07, 6.45) is 1.29. The zero-order valence-electron chi connectivity index (χ0n) is 11.4. The maximum absolute atomic E-state index is 10.2. The first kappa shape index (κ1) is 13.7. The van der Waals surface area contributed by atoms with E-state index in [1.807, 2.05) is 44.2 Å². The first-order valence-corrected chi connectivity index (χ1v) is 6.52. The number of nitrogens with one attached hydrogen (secondary N) is 1. The van der Waals surface area contributed by atoms with Gasteiger partial charge >= 0.3 is 0 Å². The van der Waals surface area contributed by atoms with Crippen molar-refractivity contribution < 1.29 is 5.11 Å². The van der Waals surface area contributed by atoms with E-state index >= 15 is 0 Å². The molecule has 100 valence electrons. The molecule has 3 heteroatoms. The van der Waals surface area contributed by atoms with Gasteiger partial charge in [-0.3, -0.25) is 4.98 Å². The number of aromatic nitrogens is 1. The van der Waals surface area contributed by atoms with Gasteiger partial charge in [-0.15, -0.1) is 0 Å². The Bertz CT molecular complexity index is 526. The van der Waals surface area contributed by atoms with Crippen molar-refractivity contribution in [1.82, 2.24) is 10.3 Å². The summed E-state index contributed by atoms with van der Waals surface area (Å²) in [6.45, 7) is 5.26. The molecular formula is C16H20N2O. The van der Waals surface area contributed by atoms with Crippen LogP contribution < -0.4 is 5.32 Å².